The maximum atomic E-state index is 12.8. The number of halogens is 1. The van der Waals surface area contributed by atoms with Crippen LogP contribution in [0.4, 0.5) is 4.39 Å². The summed E-state index contributed by atoms with van der Waals surface area (Å²) in [7, 11) is 0. The zero-order valence-electron chi connectivity index (χ0n) is 10.2. The number of carbonyl (C=O) groups is 1. The fraction of sp³-hybridized carbons (Fsp3) is 0.0714. The van der Waals surface area contributed by atoms with Crippen molar-refractivity contribution in [2.75, 3.05) is 6.61 Å². The van der Waals surface area contributed by atoms with E-state index in [1.807, 2.05) is 11.4 Å². The molecule has 0 N–H and O–H groups in total. The molecule has 3 rings (SSSR count). The van der Waals surface area contributed by atoms with Gasteiger partial charge in [0.1, 0.15) is 17.0 Å². The predicted molar refractivity (Wildman–Crippen MR) is 73.6 cm³/mol. The highest BCUT2D eigenvalue weighted by molar-refractivity contribution is 7.16. The van der Waals surface area contributed by atoms with E-state index in [1.165, 1.54) is 41.9 Å². The molecule has 0 radical (unpaired) electrons. The van der Waals surface area contributed by atoms with Gasteiger partial charge in [-0.25, -0.2) is 14.4 Å². The predicted octanol–water partition coefficient (Wildman–Crippen LogP) is 3.09. The van der Waals surface area contributed by atoms with Crippen LogP contribution in [0.3, 0.4) is 0 Å². The quantitative estimate of drug-likeness (QED) is 0.692. The van der Waals surface area contributed by atoms with E-state index in [0.717, 1.165) is 10.2 Å². The molecular formula is C14H9FN2O2S. The third-order valence-electron chi connectivity index (χ3n) is 2.73. The van der Waals surface area contributed by atoms with Crippen molar-refractivity contribution in [2.45, 2.75) is 0 Å². The van der Waals surface area contributed by atoms with Crippen LogP contribution in [0.2, 0.25) is 0 Å². The summed E-state index contributed by atoms with van der Waals surface area (Å²) >= 11 is 1.48. The Hall–Kier alpha value is -2.34. The number of rotatable bonds is 4. The van der Waals surface area contributed by atoms with E-state index in [9.17, 15) is 9.18 Å². The van der Waals surface area contributed by atoms with Crippen molar-refractivity contribution in [3.05, 3.63) is 53.4 Å². The lowest BCUT2D eigenvalue weighted by Crippen LogP contribution is -2.12. The molecule has 0 bridgehead atoms. The molecule has 20 heavy (non-hydrogen) atoms. The Labute approximate surface area is 117 Å². The summed E-state index contributed by atoms with van der Waals surface area (Å²) in [6.07, 6.45) is 1.40. The van der Waals surface area contributed by atoms with Crippen LogP contribution in [-0.2, 0) is 0 Å². The lowest BCUT2D eigenvalue weighted by Gasteiger charge is -2.05. The van der Waals surface area contributed by atoms with Gasteiger partial charge in [0.15, 0.2) is 12.4 Å². The number of hydrogen-bond acceptors (Lipinski definition) is 5. The maximum absolute atomic E-state index is 12.8. The fourth-order valence-corrected chi connectivity index (χ4v) is 2.46. The van der Waals surface area contributed by atoms with E-state index in [1.54, 1.807) is 0 Å². The Morgan fingerprint density at radius 3 is 2.80 bits per heavy atom. The molecule has 0 spiro atoms. The number of ether oxygens (including phenoxy) is 1. The zero-order valence-corrected chi connectivity index (χ0v) is 11.1. The molecule has 0 saturated heterocycles. The first-order valence-electron chi connectivity index (χ1n) is 5.84. The third-order valence-corrected chi connectivity index (χ3v) is 3.55. The van der Waals surface area contributed by atoms with Crippen LogP contribution in [0.25, 0.3) is 10.2 Å². The number of fused-ring (bicyclic) bond motifs is 1. The van der Waals surface area contributed by atoms with Gasteiger partial charge in [-0.05, 0) is 35.7 Å². The Balaban J connectivity index is 1.74. The van der Waals surface area contributed by atoms with Crippen LogP contribution in [-0.4, -0.2) is 22.4 Å². The first-order chi connectivity index (χ1) is 9.74. The van der Waals surface area contributed by atoms with Crippen LogP contribution in [0.1, 0.15) is 10.4 Å². The number of benzene rings is 1. The summed E-state index contributed by atoms with van der Waals surface area (Å²) < 4.78 is 18.2. The number of carbonyl (C=O) groups excluding carboxylic acids is 1. The molecule has 0 saturated carbocycles. The smallest absolute Gasteiger partial charge is 0.225 e. The van der Waals surface area contributed by atoms with Crippen molar-refractivity contribution in [3.8, 4) is 5.88 Å². The van der Waals surface area contributed by atoms with Gasteiger partial charge >= 0.3 is 0 Å². The second-order valence-electron chi connectivity index (χ2n) is 4.04. The van der Waals surface area contributed by atoms with Crippen LogP contribution >= 0.6 is 11.3 Å². The molecule has 0 aliphatic rings. The summed E-state index contributed by atoms with van der Waals surface area (Å²) in [6.45, 7) is -0.145. The number of Topliss-reactive ketones (excluding diaryl/α,β-unsaturated/α-hetero) is 1. The highest BCUT2D eigenvalue weighted by Gasteiger charge is 2.10. The van der Waals surface area contributed by atoms with Crippen molar-refractivity contribution in [1.29, 1.82) is 0 Å². The second kappa shape index (κ2) is 5.34. The highest BCUT2D eigenvalue weighted by atomic mass is 32.1. The molecule has 1 aromatic carbocycles. The van der Waals surface area contributed by atoms with Crippen LogP contribution in [0.5, 0.6) is 5.88 Å². The Kier molecular flexibility index (Phi) is 3.39. The van der Waals surface area contributed by atoms with Gasteiger partial charge in [0.05, 0.1) is 5.39 Å². The maximum Gasteiger partial charge on any atom is 0.225 e. The average molecular weight is 288 g/mol. The minimum absolute atomic E-state index is 0.145. The number of hydrogen-bond donors (Lipinski definition) is 0. The van der Waals surface area contributed by atoms with Gasteiger partial charge in [0.25, 0.3) is 0 Å². The standard InChI is InChI=1S/C14H9FN2O2S/c15-10-3-1-9(2-4-10)12(18)7-19-13-11-5-6-20-14(11)17-8-16-13/h1-6,8H,7H2. The first kappa shape index (κ1) is 12.7. The SMILES string of the molecule is O=C(COc1ncnc2sccc12)c1ccc(F)cc1. The van der Waals surface area contributed by atoms with Crippen LogP contribution in [0, 0.1) is 5.82 Å². The van der Waals surface area contributed by atoms with Crippen molar-refractivity contribution in [2.24, 2.45) is 0 Å². The summed E-state index contributed by atoms with van der Waals surface area (Å²) in [6, 6.07) is 7.20. The average Bonchev–Trinajstić information content (AvgIpc) is 2.94. The second-order valence-corrected chi connectivity index (χ2v) is 4.93. The molecule has 2 aromatic heterocycles. The van der Waals surface area contributed by atoms with Gasteiger partial charge in [-0.15, -0.1) is 11.3 Å². The molecule has 0 atom stereocenters. The van der Waals surface area contributed by atoms with Gasteiger partial charge < -0.3 is 4.74 Å². The number of aromatic nitrogens is 2. The third kappa shape index (κ3) is 2.50. The van der Waals surface area contributed by atoms with E-state index in [-0.39, 0.29) is 18.2 Å². The van der Waals surface area contributed by atoms with E-state index >= 15 is 0 Å². The van der Waals surface area contributed by atoms with Crippen molar-refractivity contribution in [1.82, 2.24) is 9.97 Å². The fourth-order valence-electron chi connectivity index (χ4n) is 1.74. The van der Waals surface area contributed by atoms with Crippen molar-refractivity contribution in [3.63, 3.8) is 0 Å². The molecule has 100 valence electrons. The molecule has 0 aliphatic carbocycles. The van der Waals surface area contributed by atoms with Crippen molar-refractivity contribution < 1.29 is 13.9 Å². The number of ketones is 1. The largest absolute Gasteiger partial charge is 0.469 e. The number of nitrogens with zero attached hydrogens (tertiary/aromatic N) is 2. The molecule has 4 nitrogen and oxygen atoms in total. The minimum Gasteiger partial charge on any atom is -0.469 e. The lowest BCUT2D eigenvalue weighted by atomic mass is 10.1. The van der Waals surface area contributed by atoms with Crippen LogP contribution < -0.4 is 4.74 Å². The summed E-state index contributed by atoms with van der Waals surface area (Å²) in [5, 5.41) is 2.66. The molecular weight excluding hydrogens is 279 g/mol. The van der Waals surface area contributed by atoms with Gasteiger partial charge in [0.2, 0.25) is 5.88 Å². The molecule has 2 heterocycles. The monoisotopic (exact) mass is 288 g/mol. The van der Waals surface area contributed by atoms with E-state index in [0.29, 0.717) is 11.4 Å². The Morgan fingerprint density at radius 1 is 1.20 bits per heavy atom. The normalized spacial score (nSPS) is 10.7. The molecule has 3 aromatic rings. The van der Waals surface area contributed by atoms with E-state index in [4.69, 9.17) is 4.74 Å². The molecule has 6 heteroatoms. The highest BCUT2D eigenvalue weighted by Crippen LogP contribution is 2.25. The topological polar surface area (TPSA) is 52.1 Å². The summed E-state index contributed by atoms with van der Waals surface area (Å²) in [5.74, 6) is -0.225. The first-order valence-corrected chi connectivity index (χ1v) is 6.72. The molecule has 0 aliphatic heterocycles. The van der Waals surface area contributed by atoms with E-state index < -0.39 is 0 Å². The van der Waals surface area contributed by atoms with Gasteiger partial charge in [-0.3, -0.25) is 4.79 Å². The molecule has 0 unspecified atom stereocenters. The Morgan fingerprint density at radius 2 is 2.00 bits per heavy atom. The van der Waals surface area contributed by atoms with Gasteiger partial charge in [-0.1, -0.05) is 0 Å². The summed E-state index contributed by atoms with van der Waals surface area (Å²) in [5.41, 5.74) is 0.405. The number of thiophene rings is 1. The van der Waals surface area contributed by atoms with Crippen LogP contribution in [0.15, 0.2) is 42.0 Å². The van der Waals surface area contributed by atoms with Crippen molar-refractivity contribution >= 4 is 27.3 Å². The van der Waals surface area contributed by atoms with Gasteiger partial charge in [0, 0.05) is 5.56 Å². The van der Waals surface area contributed by atoms with E-state index in [2.05, 4.69) is 9.97 Å². The minimum atomic E-state index is -0.377. The lowest BCUT2D eigenvalue weighted by molar-refractivity contribution is 0.0919. The molecule has 0 amide bonds. The zero-order chi connectivity index (χ0) is 13.9. The molecule has 0 fully saturated rings. The Bertz CT molecular complexity index is 755. The summed E-state index contributed by atoms with van der Waals surface area (Å²) in [4.78, 5) is 20.8. The van der Waals surface area contributed by atoms with Gasteiger partial charge in [-0.2, -0.15) is 0 Å².